The molecule has 2 heterocycles. The summed E-state index contributed by atoms with van der Waals surface area (Å²) in [5.41, 5.74) is -1.24. The number of carbonyl (C=O) groups is 2. The first-order valence-electron chi connectivity index (χ1n) is 7.44. The molecule has 0 atom stereocenters. The van der Waals surface area contributed by atoms with Gasteiger partial charge in [0.05, 0.1) is 12.5 Å². The van der Waals surface area contributed by atoms with Crippen LogP contribution in [0.1, 0.15) is 20.3 Å². The summed E-state index contributed by atoms with van der Waals surface area (Å²) in [5, 5.41) is 19.5. The van der Waals surface area contributed by atoms with Gasteiger partial charge in [-0.1, -0.05) is 0 Å². The van der Waals surface area contributed by atoms with Crippen LogP contribution in [0, 0.1) is 21.4 Å². The highest BCUT2D eigenvalue weighted by Gasteiger charge is 2.45. The van der Waals surface area contributed by atoms with E-state index in [2.05, 4.69) is 4.98 Å². The minimum Gasteiger partial charge on any atom is -0.472 e. The van der Waals surface area contributed by atoms with Gasteiger partial charge in [0.2, 0.25) is 5.91 Å². The highest BCUT2D eigenvalue weighted by Crippen LogP contribution is 2.37. The van der Waals surface area contributed by atoms with Gasteiger partial charge in [-0.3, -0.25) is 14.5 Å². The summed E-state index contributed by atoms with van der Waals surface area (Å²) in [5.74, 6) is -1.29. The first-order chi connectivity index (χ1) is 11.7. The Hall–Kier alpha value is -3.22. The molecule has 2 rings (SSSR count). The first kappa shape index (κ1) is 18.1. The molecule has 10 nitrogen and oxygen atoms in total. The highest BCUT2D eigenvalue weighted by atomic mass is 16.6. The van der Waals surface area contributed by atoms with Crippen molar-refractivity contribution in [1.82, 2.24) is 9.88 Å². The molecule has 1 aromatic heterocycles. The number of hydrogen-bond acceptors (Lipinski definition) is 7. The van der Waals surface area contributed by atoms with E-state index in [4.69, 9.17) is 10.00 Å². The standard InChI is InChI=1S/C15H17N5O5/c1-15(2)14(22)19(9-12(21)18(3)8-4-7-16)13-10(25-15)5-6-11(17-13)20(23)24/h5-6H,4,8-9H2,1-3H3. The molecule has 0 N–H and O–H groups in total. The number of nitrogens with zero attached hydrogens (tertiary/aromatic N) is 5. The average Bonchev–Trinajstić information content (AvgIpc) is 2.55. The van der Waals surface area contributed by atoms with Gasteiger partial charge in [0.15, 0.2) is 11.4 Å². The Labute approximate surface area is 143 Å². The fraction of sp³-hybridized carbons (Fsp3) is 0.467. The van der Waals surface area contributed by atoms with Crippen LogP contribution in [-0.4, -0.2) is 52.4 Å². The number of fused-ring (bicyclic) bond motifs is 1. The van der Waals surface area contributed by atoms with Crippen molar-refractivity contribution in [3.8, 4) is 11.8 Å². The van der Waals surface area contributed by atoms with E-state index >= 15 is 0 Å². The van der Waals surface area contributed by atoms with Gasteiger partial charge in [-0.15, -0.1) is 0 Å². The van der Waals surface area contributed by atoms with Crippen molar-refractivity contribution in [2.24, 2.45) is 0 Å². The number of carbonyl (C=O) groups excluding carboxylic acids is 2. The summed E-state index contributed by atoms with van der Waals surface area (Å²) in [6.07, 6.45) is 0.158. The van der Waals surface area contributed by atoms with Crippen molar-refractivity contribution >= 4 is 23.5 Å². The maximum Gasteiger partial charge on any atom is 0.366 e. The number of ether oxygens (including phenoxy) is 1. The number of rotatable bonds is 5. The number of nitriles is 1. The lowest BCUT2D eigenvalue weighted by molar-refractivity contribution is -0.389. The Kier molecular flexibility index (Phi) is 4.87. The molecular weight excluding hydrogens is 330 g/mol. The molecule has 0 saturated carbocycles. The SMILES string of the molecule is CN(CCC#N)C(=O)CN1C(=O)C(C)(C)Oc2ccc([N+](=O)[O-])nc21. The van der Waals surface area contributed by atoms with Crippen molar-refractivity contribution < 1.29 is 19.2 Å². The average molecular weight is 347 g/mol. The van der Waals surface area contributed by atoms with Crippen LogP contribution < -0.4 is 9.64 Å². The van der Waals surface area contributed by atoms with E-state index < -0.39 is 28.2 Å². The zero-order chi connectivity index (χ0) is 18.8. The van der Waals surface area contributed by atoms with Crippen molar-refractivity contribution in [3.63, 3.8) is 0 Å². The largest absolute Gasteiger partial charge is 0.472 e. The van der Waals surface area contributed by atoms with Gasteiger partial charge in [0, 0.05) is 19.7 Å². The Bertz CT molecular complexity index is 770. The van der Waals surface area contributed by atoms with E-state index in [0.717, 1.165) is 4.90 Å². The van der Waals surface area contributed by atoms with Crippen molar-refractivity contribution in [1.29, 1.82) is 5.26 Å². The zero-order valence-electron chi connectivity index (χ0n) is 14.1. The molecular formula is C15H17N5O5. The minimum atomic E-state index is -1.24. The number of pyridine rings is 1. The molecule has 1 aliphatic heterocycles. The number of amides is 2. The third-order valence-corrected chi connectivity index (χ3v) is 3.67. The van der Waals surface area contributed by atoms with Crippen LogP contribution in [0.2, 0.25) is 0 Å². The lowest BCUT2D eigenvalue weighted by atomic mass is 10.1. The topological polar surface area (TPSA) is 130 Å². The third-order valence-electron chi connectivity index (χ3n) is 3.67. The predicted octanol–water partition coefficient (Wildman–Crippen LogP) is 0.866. The normalized spacial score (nSPS) is 15.0. The predicted molar refractivity (Wildman–Crippen MR) is 85.8 cm³/mol. The zero-order valence-corrected chi connectivity index (χ0v) is 14.1. The second-order valence-corrected chi connectivity index (χ2v) is 5.98. The molecule has 1 aromatic rings. The molecule has 132 valence electrons. The number of nitro groups is 1. The van der Waals surface area contributed by atoms with E-state index in [-0.39, 0.29) is 31.1 Å². The maximum atomic E-state index is 12.6. The Balaban J connectivity index is 2.37. The van der Waals surface area contributed by atoms with Crippen LogP contribution in [-0.2, 0) is 9.59 Å². The maximum absolute atomic E-state index is 12.6. The molecule has 0 saturated heterocycles. The van der Waals surface area contributed by atoms with Crippen molar-refractivity contribution in [2.75, 3.05) is 25.0 Å². The molecule has 2 amide bonds. The van der Waals surface area contributed by atoms with E-state index in [0.29, 0.717) is 0 Å². The summed E-state index contributed by atoms with van der Waals surface area (Å²) >= 11 is 0. The molecule has 0 spiro atoms. The third kappa shape index (κ3) is 3.65. The number of likely N-dealkylation sites (N-methyl/N-ethyl adjacent to an activating group) is 1. The van der Waals surface area contributed by atoms with Gasteiger partial charge < -0.3 is 19.8 Å². The molecule has 0 radical (unpaired) electrons. The Morgan fingerprint density at radius 1 is 1.52 bits per heavy atom. The smallest absolute Gasteiger partial charge is 0.366 e. The number of hydrogen-bond donors (Lipinski definition) is 0. The van der Waals surface area contributed by atoms with Gasteiger partial charge in [-0.25, -0.2) is 0 Å². The summed E-state index contributed by atoms with van der Waals surface area (Å²) in [6, 6.07) is 4.46. The second-order valence-electron chi connectivity index (χ2n) is 5.98. The fourth-order valence-corrected chi connectivity index (χ4v) is 2.29. The Morgan fingerprint density at radius 3 is 2.80 bits per heavy atom. The van der Waals surface area contributed by atoms with Crippen LogP contribution in [0.5, 0.6) is 5.75 Å². The van der Waals surface area contributed by atoms with Gasteiger partial charge in [0.1, 0.15) is 6.54 Å². The highest BCUT2D eigenvalue weighted by molar-refractivity contribution is 6.05. The molecule has 0 fully saturated rings. The molecule has 10 heteroatoms. The van der Waals surface area contributed by atoms with Gasteiger partial charge in [-0.05, 0) is 29.8 Å². The van der Waals surface area contributed by atoms with E-state index in [1.165, 1.54) is 37.9 Å². The van der Waals surface area contributed by atoms with Crippen molar-refractivity contribution in [3.05, 3.63) is 22.2 Å². The van der Waals surface area contributed by atoms with Crippen molar-refractivity contribution in [2.45, 2.75) is 25.9 Å². The lowest BCUT2D eigenvalue weighted by Crippen LogP contribution is -2.55. The van der Waals surface area contributed by atoms with Crippen LogP contribution in [0.15, 0.2) is 12.1 Å². The molecule has 0 unspecified atom stereocenters. The van der Waals surface area contributed by atoms with Crippen LogP contribution >= 0.6 is 0 Å². The monoisotopic (exact) mass is 347 g/mol. The van der Waals surface area contributed by atoms with E-state index in [9.17, 15) is 19.7 Å². The molecule has 25 heavy (non-hydrogen) atoms. The van der Waals surface area contributed by atoms with E-state index in [1.807, 2.05) is 6.07 Å². The van der Waals surface area contributed by atoms with E-state index in [1.54, 1.807) is 0 Å². The summed E-state index contributed by atoms with van der Waals surface area (Å²) < 4.78 is 5.56. The van der Waals surface area contributed by atoms with Gasteiger partial charge in [0.25, 0.3) is 11.7 Å². The summed E-state index contributed by atoms with van der Waals surface area (Å²) in [7, 11) is 1.51. The summed E-state index contributed by atoms with van der Waals surface area (Å²) in [4.78, 5) is 41.4. The van der Waals surface area contributed by atoms with Gasteiger partial charge in [-0.2, -0.15) is 5.26 Å². The molecule has 0 aromatic carbocycles. The van der Waals surface area contributed by atoms with Crippen LogP contribution in [0.25, 0.3) is 0 Å². The Morgan fingerprint density at radius 2 is 2.20 bits per heavy atom. The van der Waals surface area contributed by atoms with Gasteiger partial charge >= 0.3 is 5.82 Å². The molecule has 0 aliphatic carbocycles. The quantitative estimate of drug-likeness (QED) is 0.570. The van der Waals surface area contributed by atoms with Crippen LogP contribution in [0.3, 0.4) is 0 Å². The first-order valence-corrected chi connectivity index (χ1v) is 7.44. The number of aromatic nitrogens is 1. The minimum absolute atomic E-state index is 0.0689. The molecule has 0 bridgehead atoms. The number of anilines is 1. The second kappa shape index (κ2) is 6.72. The fourth-order valence-electron chi connectivity index (χ4n) is 2.29. The van der Waals surface area contributed by atoms with Crippen LogP contribution in [0.4, 0.5) is 11.6 Å². The lowest BCUT2D eigenvalue weighted by Gasteiger charge is -2.36. The molecule has 1 aliphatic rings. The summed E-state index contributed by atoms with van der Waals surface area (Å²) in [6.45, 7) is 2.94.